The molecule has 0 saturated carbocycles. The minimum absolute atomic E-state index is 0.0783. The van der Waals surface area contributed by atoms with E-state index >= 15 is 0 Å². The Kier molecular flexibility index (Phi) is 4.28. The number of benzene rings is 1. The first-order chi connectivity index (χ1) is 14.7. The molecule has 0 aliphatic carbocycles. The van der Waals surface area contributed by atoms with Crippen LogP contribution in [0.4, 0.5) is 14.6 Å². The molecule has 0 aliphatic heterocycles. The molecular formula is C23H15F2N5. The number of hydrogen-bond acceptors (Lipinski definition) is 5. The summed E-state index contributed by atoms with van der Waals surface area (Å²) >= 11 is 0. The van der Waals surface area contributed by atoms with Crippen molar-refractivity contribution >= 4 is 27.6 Å². The number of anilines is 1. The molecule has 1 aromatic carbocycles. The number of hydrogen-bond donors (Lipinski definition) is 1. The van der Waals surface area contributed by atoms with Crippen molar-refractivity contribution in [1.82, 2.24) is 19.9 Å². The highest BCUT2D eigenvalue weighted by atomic mass is 19.1. The molecule has 0 bridgehead atoms. The van der Waals surface area contributed by atoms with E-state index in [1.165, 1.54) is 0 Å². The minimum Gasteiger partial charge on any atom is -0.373 e. The first-order valence-electron chi connectivity index (χ1n) is 9.28. The van der Waals surface area contributed by atoms with Gasteiger partial charge in [-0.3, -0.25) is 4.98 Å². The van der Waals surface area contributed by atoms with Gasteiger partial charge in [0.1, 0.15) is 17.5 Å². The van der Waals surface area contributed by atoms with Crippen LogP contribution in [0.5, 0.6) is 0 Å². The fourth-order valence-corrected chi connectivity index (χ4v) is 3.61. The van der Waals surface area contributed by atoms with Crippen LogP contribution < -0.4 is 5.32 Å². The van der Waals surface area contributed by atoms with Gasteiger partial charge in [-0.15, -0.1) is 0 Å². The molecule has 146 valence electrons. The van der Waals surface area contributed by atoms with Crippen LogP contribution in [0.3, 0.4) is 0 Å². The molecule has 30 heavy (non-hydrogen) atoms. The van der Waals surface area contributed by atoms with Crippen molar-refractivity contribution < 1.29 is 8.78 Å². The van der Waals surface area contributed by atoms with Crippen molar-refractivity contribution in [1.29, 1.82) is 0 Å². The maximum absolute atomic E-state index is 14.5. The normalized spacial score (nSPS) is 11.2. The van der Waals surface area contributed by atoms with E-state index < -0.39 is 11.6 Å². The number of rotatable bonds is 3. The highest BCUT2D eigenvalue weighted by molar-refractivity contribution is 6.07. The van der Waals surface area contributed by atoms with Gasteiger partial charge in [-0.1, -0.05) is 0 Å². The molecule has 0 saturated heterocycles. The van der Waals surface area contributed by atoms with Gasteiger partial charge >= 0.3 is 0 Å². The van der Waals surface area contributed by atoms with Gasteiger partial charge in [-0.05, 0) is 53.4 Å². The molecular weight excluding hydrogens is 384 g/mol. The molecule has 0 spiro atoms. The van der Waals surface area contributed by atoms with Gasteiger partial charge in [-0.25, -0.2) is 23.7 Å². The van der Waals surface area contributed by atoms with Gasteiger partial charge in [-0.2, -0.15) is 0 Å². The maximum Gasteiger partial charge on any atom is 0.160 e. The number of aromatic nitrogens is 4. The third-order valence-corrected chi connectivity index (χ3v) is 5.00. The van der Waals surface area contributed by atoms with E-state index in [2.05, 4.69) is 25.3 Å². The molecule has 0 radical (unpaired) electrons. The van der Waals surface area contributed by atoms with Gasteiger partial charge in [0.05, 0.1) is 5.69 Å². The summed E-state index contributed by atoms with van der Waals surface area (Å²) in [7, 11) is 1.80. The van der Waals surface area contributed by atoms with Gasteiger partial charge < -0.3 is 5.32 Å². The zero-order valence-electron chi connectivity index (χ0n) is 15.9. The minimum atomic E-state index is -0.553. The van der Waals surface area contributed by atoms with Crippen molar-refractivity contribution in [3.8, 4) is 22.4 Å². The van der Waals surface area contributed by atoms with Crippen LogP contribution in [0.15, 0.2) is 67.3 Å². The summed E-state index contributed by atoms with van der Waals surface area (Å²) in [5.41, 5.74) is 2.42. The van der Waals surface area contributed by atoms with Gasteiger partial charge in [0.25, 0.3) is 0 Å². The topological polar surface area (TPSA) is 63.6 Å². The van der Waals surface area contributed by atoms with E-state index in [-0.39, 0.29) is 5.56 Å². The van der Waals surface area contributed by atoms with Crippen molar-refractivity contribution in [2.24, 2.45) is 0 Å². The van der Waals surface area contributed by atoms with Crippen molar-refractivity contribution in [3.05, 3.63) is 78.9 Å². The smallest absolute Gasteiger partial charge is 0.160 e. The van der Waals surface area contributed by atoms with Crippen LogP contribution in [-0.2, 0) is 0 Å². The molecule has 7 heteroatoms. The lowest BCUT2D eigenvalue weighted by Gasteiger charge is -2.13. The summed E-state index contributed by atoms with van der Waals surface area (Å²) in [4.78, 5) is 17.6. The third-order valence-electron chi connectivity index (χ3n) is 5.00. The van der Waals surface area contributed by atoms with E-state index in [0.29, 0.717) is 17.2 Å². The SMILES string of the molecule is CNc1ncc(-c2cc(-c3cc(F)ccc3F)nc3ncccc23)c2ccncc12. The summed E-state index contributed by atoms with van der Waals surface area (Å²) in [6, 6.07) is 10.7. The predicted octanol–water partition coefficient (Wildman–Crippen LogP) is 5.23. The first kappa shape index (κ1) is 18.1. The second kappa shape index (κ2) is 7.11. The van der Waals surface area contributed by atoms with Crippen molar-refractivity contribution in [2.45, 2.75) is 0 Å². The van der Waals surface area contributed by atoms with Crippen LogP contribution in [0.1, 0.15) is 0 Å². The second-order valence-electron chi connectivity index (χ2n) is 6.75. The highest BCUT2D eigenvalue weighted by Gasteiger charge is 2.16. The van der Waals surface area contributed by atoms with E-state index in [0.717, 1.165) is 45.5 Å². The molecule has 5 aromatic rings. The lowest BCUT2D eigenvalue weighted by molar-refractivity contribution is 0.602. The van der Waals surface area contributed by atoms with Crippen LogP contribution >= 0.6 is 0 Å². The van der Waals surface area contributed by atoms with Crippen LogP contribution in [-0.4, -0.2) is 27.0 Å². The molecule has 0 aliphatic rings. The van der Waals surface area contributed by atoms with E-state index in [9.17, 15) is 8.78 Å². The Hall–Kier alpha value is -4.00. The summed E-state index contributed by atoms with van der Waals surface area (Å²) in [6.07, 6.45) is 6.82. The molecule has 0 atom stereocenters. The van der Waals surface area contributed by atoms with Crippen LogP contribution in [0.2, 0.25) is 0 Å². The summed E-state index contributed by atoms with van der Waals surface area (Å²) < 4.78 is 28.3. The average molecular weight is 399 g/mol. The number of nitrogens with one attached hydrogen (secondary N) is 1. The summed E-state index contributed by atoms with van der Waals surface area (Å²) in [6.45, 7) is 0. The van der Waals surface area contributed by atoms with E-state index in [1.807, 2.05) is 18.2 Å². The fraction of sp³-hybridized carbons (Fsp3) is 0.0435. The number of fused-ring (bicyclic) bond motifs is 2. The van der Waals surface area contributed by atoms with Crippen molar-refractivity contribution in [3.63, 3.8) is 0 Å². The Balaban J connectivity index is 1.86. The zero-order valence-corrected chi connectivity index (χ0v) is 15.9. The quantitative estimate of drug-likeness (QED) is 0.450. The lowest BCUT2D eigenvalue weighted by atomic mass is 9.97. The van der Waals surface area contributed by atoms with Gasteiger partial charge in [0.15, 0.2) is 5.65 Å². The monoisotopic (exact) mass is 399 g/mol. The summed E-state index contributed by atoms with van der Waals surface area (Å²) in [5, 5.41) is 5.63. The molecule has 4 heterocycles. The molecule has 5 nitrogen and oxygen atoms in total. The summed E-state index contributed by atoms with van der Waals surface area (Å²) in [5.74, 6) is -0.384. The molecule has 5 rings (SSSR count). The maximum atomic E-state index is 14.5. The van der Waals surface area contributed by atoms with Crippen molar-refractivity contribution in [2.75, 3.05) is 12.4 Å². The largest absolute Gasteiger partial charge is 0.373 e. The number of nitrogens with zero attached hydrogens (tertiary/aromatic N) is 4. The van der Waals surface area contributed by atoms with E-state index in [4.69, 9.17) is 0 Å². The van der Waals surface area contributed by atoms with Gasteiger partial charge in [0.2, 0.25) is 0 Å². The third kappa shape index (κ3) is 2.91. The molecule has 1 N–H and O–H groups in total. The van der Waals surface area contributed by atoms with Gasteiger partial charge in [0, 0.05) is 53.7 Å². The number of halogens is 2. The number of pyridine rings is 4. The first-order valence-corrected chi connectivity index (χ1v) is 9.28. The molecule has 4 aromatic heterocycles. The molecule has 0 unspecified atom stereocenters. The highest BCUT2D eigenvalue weighted by Crippen LogP contribution is 2.37. The fourth-order valence-electron chi connectivity index (χ4n) is 3.61. The second-order valence-corrected chi connectivity index (χ2v) is 6.75. The Morgan fingerprint density at radius 2 is 1.70 bits per heavy atom. The molecule has 0 fully saturated rings. The lowest BCUT2D eigenvalue weighted by Crippen LogP contribution is -1.98. The van der Waals surface area contributed by atoms with Crippen LogP contribution in [0, 0.1) is 11.6 Å². The molecule has 0 amide bonds. The standard InChI is InChI=1S/C23H15F2N5/c1-26-22-19-11-27-8-6-14(19)18(12-29-22)16-10-21(17-9-13(24)4-5-20(17)25)30-23-15(16)3-2-7-28-23/h2-12H,1H3,(H,26,29). The average Bonchev–Trinajstić information content (AvgIpc) is 2.79. The van der Waals surface area contributed by atoms with E-state index in [1.54, 1.807) is 37.9 Å². The predicted molar refractivity (Wildman–Crippen MR) is 113 cm³/mol. The Labute approximate surface area is 170 Å². The van der Waals surface area contributed by atoms with Crippen LogP contribution in [0.25, 0.3) is 44.2 Å². The zero-order chi connectivity index (χ0) is 20.7. The Morgan fingerprint density at radius 3 is 2.57 bits per heavy atom. The Bertz CT molecular complexity index is 1420. The Morgan fingerprint density at radius 1 is 0.800 bits per heavy atom.